The summed E-state index contributed by atoms with van der Waals surface area (Å²) in [6.45, 7) is 1.40. The first-order chi connectivity index (χ1) is 7.86. The molecule has 2 aromatic rings. The molecule has 84 valence electrons. The van der Waals surface area contributed by atoms with Crippen LogP contribution in [0.1, 0.15) is 23.2 Å². The number of halogens is 1. The lowest BCUT2D eigenvalue weighted by atomic mass is 10.2. The fourth-order valence-corrected chi connectivity index (χ4v) is 2.75. The zero-order chi connectivity index (χ0) is 11.0. The predicted octanol–water partition coefficient (Wildman–Crippen LogP) is 2.95. The molecule has 1 unspecified atom stereocenters. The molecule has 0 aromatic carbocycles. The van der Waals surface area contributed by atoms with Crippen LogP contribution in [0.3, 0.4) is 0 Å². The number of hydrogen-bond acceptors (Lipinski definition) is 3. The molecular formula is C11H11ClN2OS. The van der Waals surface area contributed by atoms with E-state index in [2.05, 4.69) is 26.4 Å². The minimum Gasteiger partial charge on any atom is -0.364 e. The largest absolute Gasteiger partial charge is 0.364 e. The molecule has 16 heavy (non-hydrogen) atoms. The Hall–Kier alpha value is -0.840. The van der Waals surface area contributed by atoms with Crippen molar-refractivity contribution >= 4 is 22.9 Å². The lowest BCUT2D eigenvalue weighted by molar-refractivity contribution is 0.000735. The molecule has 0 fully saturated rings. The van der Waals surface area contributed by atoms with Crippen molar-refractivity contribution in [3.05, 3.63) is 40.1 Å². The fraction of sp³-hybridized carbons (Fsp3) is 0.364. The lowest BCUT2D eigenvalue weighted by Gasteiger charge is -2.23. The minimum absolute atomic E-state index is 0.149. The number of thiophene rings is 1. The van der Waals surface area contributed by atoms with E-state index in [9.17, 15) is 0 Å². The maximum atomic E-state index is 5.79. The summed E-state index contributed by atoms with van der Waals surface area (Å²) in [5.41, 5.74) is 2.17. The average molecular weight is 255 g/mol. The van der Waals surface area contributed by atoms with E-state index < -0.39 is 0 Å². The van der Waals surface area contributed by atoms with Gasteiger partial charge in [-0.05, 0) is 22.4 Å². The molecule has 1 aliphatic heterocycles. The van der Waals surface area contributed by atoms with Crippen LogP contribution in [0, 0.1) is 0 Å². The topological polar surface area (TPSA) is 27.1 Å². The number of hydrogen-bond donors (Lipinski definition) is 0. The van der Waals surface area contributed by atoms with Gasteiger partial charge in [0, 0.05) is 6.20 Å². The number of alkyl halides is 1. The van der Waals surface area contributed by atoms with Crippen molar-refractivity contribution in [3.8, 4) is 0 Å². The van der Waals surface area contributed by atoms with E-state index >= 15 is 0 Å². The molecule has 3 heterocycles. The van der Waals surface area contributed by atoms with Crippen LogP contribution >= 0.6 is 22.9 Å². The van der Waals surface area contributed by atoms with Gasteiger partial charge < -0.3 is 9.30 Å². The fourth-order valence-electron chi connectivity index (χ4n) is 1.92. The van der Waals surface area contributed by atoms with E-state index in [1.165, 1.54) is 5.56 Å². The van der Waals surface area contributed by atoms with Crippen molar-refractivity contribution in [2.24, 2.45) is 0 Å². The van der Waals surface area contributed by atoms with Crippen LogP contribution in [0.15, 0.2) is 23.0 Å². The molecule has 0 amide bonds. The second kappa shape index (κ2) is 4.20. The summed E-state index contributed by atoms with van der Waals surface area (Å²) in [6.07, 6.45) is 2.17. The zero-order valence-electron chi connectivity index (χ0n) is 8.60. The van der Waals surface area contributed by atoms with Crippen molar-refractivity contribution in [2.75, 3.05) is 0 Å². The summed E-state index contributed by atoms with van der Waals surface area (Å²) in [7, 11) is 0. The number of fused-ring (bicyclic) bond motifs is 1. The SMILES string of the molecule is ClCc1cn2c(n1)COC(c1ccsc1)C2. The Morgan fingerprint density at radius 3 is 3.31 bits per heavy atom. The van der Waals surface area contributed by atoms with Crippen molar-refractivity contribution in [1.29, 1.82) is 0 Å². The third-order valence-electron chi connectivity index (χ3n) is 2.74. The van der Waals surface area contributed by atoms with E-state index in [1.54, 1.807) is 11.3 Å². The molecular weight excluding hydrogens is 244 g/mol. The third kappa shape index (κ3) is 1.77. The number of rotatable bonds is 2. The Morgan fingerprint density at radius 1 is 1.62 bits per heavy atom. The van der Waals surface area contributed by atoms with Gasteiger partial charge in [-0.15, -0.1) is 11.6 Å². The van der Waals surface area contributed by atoms with E-state index in [0.717, 1.165) is 18.1 Å². The van der Waals surface area contributed by atoms with Crippen molar-refractivity contribution in [3.63, 3.8) is 0 Å². The molecule has 5 heteroatoms. The Bertz CT molecular complexity index is 480. The molecule has 1 atom stereocenters. The van der Waals surface area contributed by atoms with Gasteiger partial charge in [-0.25, -0.2) is 4.98 Å². The molecule has 3 rings (SSSR count). The van der Waals surface area contributed by atoms with Crippen molar-refractivity contribution < 1.29 is 4.74 Å². The summed E-state index contributed by atoms with van der Waals surface area (Å²) < 4.78 is 7.93. The highest BCUT2D eigenvalue weighted by molar-refractivity contribution is 7.07. The van der Waals surface area contributed by atoms with E-state index in [0.29, 0.717) is 12.5 Å². The van der Waals surface area contributed by atoms with Gasteiger partial charge >= 0.3 is 0 Å². The highest BCUT2D eigenvalue weighted by atomic mass is 35.5. The first-order valence-electron chi connectivity index (χ1n) is 5.11. The summed E-state index contributed by atoms with van der Waals surface area (Å²) in [5, 5.41) is 4.21. The summed E-state index contributed by atoms with van der Waals surface area (Å²) >= 11 is 7.47. The van der Waals surface area contributed by atoms with Gasteiger partial charge in [-0.3, -0.25) is 0 Å². The summed E-state index contributed by atoms with van der Waals surface area (Å²) in [6, 6.07) is 2.11. The molecule has 0 radical (unpaired) electrons. The Balaban J connectivity index is 1.85. The number of ether oxygens (including phenoxy) is 1. The Labute approximate surface area is 103 Å². The second-order valence-corrected chi connectivity index (χ2v) is 4.84. The summed E-state index contributed by atoms with van der Waals surface area (Å²) in [5.74, 6) is 1.44. The van der Waals surface area contributed by atoms with Crippen molar-refractivity contribution in [2.45, 2.75) is 25.1 Å². The van der Waals surface area contributed by atoms with Gasteiger partial charge in [-0.2, -0.15) is 11.3 Å². The maximum Gasteiger partial charge on any atom is 0.135 e. The van der Waals surface area contributed by atoms with Crippen LogP contribution in [-0.4, -0.2) is 9.55 Å². The van der Waals surface area contributed by atoms with Crippen LogP contribution in [-0.2, 0) is 23.8 Å². The first kappa shape index (κ1) is 10.3. The van der Waals surface area contributed by atoms with Crippen LogP contribution < -0.4 is 0 Å². The van der Waals surface area contributed by atoms with Gasteiger partial charge in [0.25, 0.3) is 0 Å². The zero-order valence-corrected chi connectivity index (χ0v) is 10.2. The lowest BCUT2D eigenvalue weighted by Crippen LogP contribution is -2.20. The first-order valence-corrected chi connectivity index (χ1v) is 6.59. The highest BCUT2D eigenvalue weighted by Gasteiger charge is 2.22. The maximum absolute atomic E-state index is 5.79. The molecule has 0 N–H and O–H groups in total. The molecule has 0 spiro atoms. The van der Waals surface area contributed by atoms with E-state index in [-0.39, 0.29) is 6.10 Å². The smallest absolute Gasteiger partial charge is 0.135 e. The normalized spacial score (nSPS) is 19.7. The van der Waals surface area contributed by atoms with E-state index in [1.807, 2.05) is 6.20 Å². The quantitative estimate of drug-likeness (QED) is 0.771. The van der Waals surface area contributed by atoms with Gasteiger partial charge in [-0.1, -0.05) is 0 Å². The van der Waals surface area contributed by atoms with Gasteiger partial charge in [0.15, 0.2) is 0 Å². The number of imidazole rings is 1. The molecule has 2 aromatic heterocycles. The molecule has 0 saturated heterocycles. The third-order valence-corrected chi connectivity index (χ3v) is 3.71. The standard InChI is InChI=1S/C11H11ClN2OS/c12-3-9-4-14-5-10(8-1-2-16-7-8)15-6-11(14)13-9/h1-2,4,7,10H,3,5-6H2. The summed E-state index contributed by atoms with van der Waals surface area (Å²) in [4.78, 5) is 4.39. The predicted molar refractivity (Wildman–Crippen MR) is 63.6 cm³/mol. The second-order valence-electron chi connectivity index (χ2n) is 3.79. The number of nitrogens with zero attached hydrogens (tertiary/aromatic N) is 2. The van der Waals surface area contributed by atoms with Gasteiger partial charge in [0.2, 0.25) is 0 Å². The Kier molecular flexibility index (Phi) is 2.71. The van der Waals surface area contributed by atoms with Crippen LogP contribution in [0.25, 0.3) is 0 Å². The molecule has 1 aliphatic rings. The minimum atomic E-state index is 0.149. The molecule has 3 nitrogen and oxygen atoms in total. The molecule has 0 aliphatic carbocycles. The van der Waals surface area contributed by atoms with Crippen LogP contribution in [0.5, 0.6) is 0 Å². The van der Waals surface area contributed by atoms with Crippen LogP contribution in [0.4, 0.5) is 0 Å². The average Bonchev–Trinajstić information content (AvgIpc) is 2.96. The van der Waals surface area contributed by atoms with Gasteiger partial charge in [0.05, 0.1) is 18.1 Å². The molecule has 0 saturated carbocycles. The van der Waals surface area contributed by atoms with E-state index in [4.69, 9.17) is 16.3 Å². The highest BCUT2D eigenvalue weighted by Crippen LogP contribution is 2.27. The Morgan fingerprint density at radius 2 is 2.56 bits per heavy atom. The van der Waals surface area contributed by atoms with Crippen LogP contribution in [0.2, 0.25) is 0 Å². The van der Waals surface area contributed by atoms with Crippen molar-refractivity contribution in [1.82, 2.24) is 9.55 Å². The number of aromatic nitrogens is 2. The van der Waals surface area contributed by atoms with Gasteiger partial charge in [0.1, 0.15) is 18.5 Å². The monoisotopic (exact) mass is 254 g/mol. The molecule has 0 bridgehead atoms.